The largest absolute Gasteiger partial charge is 0.494 e. The van der Waals surface area contributed by atoms with Crippen LogP contribution >= 0.6 is 0 Å². The summed E-state index contributed by atoms with van der Waals surface area (Å²) in [6.45, 7) is 2.57. The number of hydrogen-bond donors (Lipinski definition) is 1. The van der Waals surface area contributed by atoms with E-state index >= 15 is 0 Å². The number of benzene rings is 2. The number of nitro benzene ring substituents is 1. The van der Waals surface area contributed by atoms with Gasteiger partial charge in [0, 0.05) is 12.1 Å². The van der Waals surface area contributed by atoms with Crippen LogP contribution in [0.15, 0.2) is 54.1 Å². The second-order valence-corrected chi connectivity index (χ2v) is 6.15. The molecule has 1 saturated heterocycles. The lowest BCUT2D eigenvalue weighted by Crippen LogP contribution is -2.54. The maximum Gasteiger partial charge on any atom is 0.335 e. The molecule has 0 radical (unpaired) electrons. The summed E-state index contributed by atoms with van der Waals surface area (Å²) in [5, 5.41) is 12.9. The third kappa shape index (κ3) is 4.29. The van der Waals surface area contributed by atoms with Crippen molar-refractivity contribution in [2.45, 2.75) is 13.3 Å². The van der Waals surface area contributed by atoms with Gasteiger partial charge in [-0.1, -0.05) is 19.1 Å². The van der Waals surface area contributed by atoms with Crippen LogP contribution in [-0.2, 0) is 9.59 Å². The number of imide groups is 2. The maximum absolute atomic E-state index is 12.8. The molecular weight excluding hydrogens is 378 g/mol. The highest BCUT2D eigenvalue weighted by molar-refractivity contribution is 6.39. The van der Waals surface area contributed by atoms with E-state index in [9.17, 15) is 24.5 Å². The van der Waals surface area contributed by atoms with Crippen molar-refractivity contribution in [2.24, 2.45) is 0 Å². The van der Waals surface area contributed by atoms with E-state index in [4.69, 9.17) is 4.74 Å². The fraction of sp³-hybridized carbons (Fsp3) is 0.150. The van der Waals surface area contributed by atoms with Gasteiger partial charge in [0.15, 0.2) is 0 Å². The molecule has 4 amide bonds. The van der Waals surface area contributed by atoms with Gasteiger partial charge in [-0.2, -0.15) is 0 Å². The number of urea groups is 1. The number of rotatable bonds is 6. The number of anilines is 1. The Bertz CT molecular complexity index is 996. The minimum Gasteiger partial charge on any atom is -0.494 e. The summed E-state index contributed by atoms with van der Waals surface area (Å²) in [6, 6.07) is 10.8. The molecule has 148 valence electrons. The van der Waals surface area contributed by atoms with Crippen LogP contribution in [0.1, 0.15) is 18.9 Å². The quantitative estimate of drug-likeness (QED) is 0.347. The topological polar surface area (TPSA) is 119 Å². The predicted molar refractivity (Wildman–Crippen MR) is 104 cm³/mol. The van der Waals surface area contributed by atoms with Crippen molar-refractivity contribution in [1.29, 1.82) is 0 Å². The first kappa shape index (κ1) is 19.7. The molecule has 0 saturated carbocycles. The Morgan fingerprint density at radius 1 is 1.07 bits per heavy atom. The minimum absolute atomic E-state index is 0.111. The summed E-state index contributed by atoms with van der Waals surface area (Å²) >= 11 is 0. The van der Waals surface area contributed by atoms with Crippen molar-refractivity contribution in [3.8, 4) is 5.75 Å². The third-order valence-electron chi connectivity index (χ3n) is 4.08. The van der Waals surface area contributed by atoms with Crippen LogP contribution in [0.25, 0.3) is 6.08 Å². The average Bonchev–Trinajstić information content (AvgIpc) is 2.70. The highest BCUT2D eigenvalue weighted by Crippen LogP contribution is 2.24. The molecule has 9 nitrogen and oxygen atoms in total. The van der Waals surface area contributed by atoms with Crippen molar-refractivity contribution < 1.29 is 24.0 Å². The molecule has 2 aromatic carbocycles. The average molecular weight is 395 g/mol. The Labute approximate surface area is 165 Å². The Balaban J connectivity index is 1.88. The summed E-state index contributed by atoms with van der Waals surface area (Å²) in [4.78, 5) is 48.1. The zero-order valence-electron chi connectivity index (χ0n) is 15.5. The number of barbiturate groups is 1. The number of carbonyl (C=O) groups is 3. The van der Waals surface area contributed by atoms with Crippen LogP contribution in [0.3, 0.4) is 0 Å². The van der Waals surface area contributed by atoms with Gasteiger partial charge in [0.25, 0.3) is 17.5 Å². The number of carbonyl (C=O) groups excluding carboxylic acids is 3. The van der Waals surface area contributed by atoms with Crippen molar-refractivity contribution in [1.82, 2.24) is 5.32 Å². The minimum atomic E-state index is -0.922. The summed E-state index contributed by atoms with van der Waals surface area (Å²) in [6.07, 6.45) is 2.24. The molecule has 2 aromatic rings. The van der Waals surface area contributed by atoms with E-state index in [1.54, 1.807) is 24.3 Å². The monoisotopic (exact) mass is 395 g/mol. The van der Waals surface area contributed by atoms with Gasteiger partial charge in [0.05, 0.1) is 17.2 Å². The van der Waals surface area contributed by atoms with Gasteiger partial charge in [0.2, 0.25) is 0 Å². The lowest BCUT2D eigenvalue weighted by molar-refractivity contribution is -0.384. The molecule has 1 aliphatic heterocycles. The van der Waals surface area contributed by atoms with E-state index in [2.05, 4.69) is 5.32 Å². The molecule has 0 aliphatic carbocycles. The SMILES string of the molecule is CCCOc1ccc(/C=C2\C(=O)NC(=O)N(c3ccc([N+](=O)[O-])cc3)C2=O)cc1. The third-order valence-corrected chi connectivity index (χ3v) is 4.08. The zero-order chi connectivity index (χ0) is 21.0. The Hall–Kier alpha value is -4.01. The van der Waals surface area contributed by atoms with Crippen molar-refractivity contribution in [2.75, 3.05) is 11.5 Å². The van der Waals surface area contributed by atoms with E-state index in [0.717, 1.165) is 11.3 Å². The molecule has 1 heterocycles. The highest BCUT2D eigenvalue weighted by Gasteiger charge is 2.36. The second-order valence-electron chi connectivity index (χ2n) is 6.15. The normalized spacial score (nSPS) is 15.4. The molecule has 0 atom stereocenters. The first-order chi connectivity index (χ1) is 13.9. The number of amides is 4. The number of nitrogens with zero attached hydrogens (tertiary/aromatic N) is 2. The van der Waals surface area contributed by atoms with Gasteiger partial charge in [0.1, 0.15) is 11.3 Å². The number of non-ortho nitro benzene ring substituents is 1. The van der Waals surface area contributed by atoms with Gasteiger partial charge in [-0.25, -0.2) is 9.69 Å². The van der Waals surface area contributed by atoms with Crippen LogP contribution in [-0.4, -0.2) is 29.4 Å². The summed E-state index contributed by atoms with van der Waals surface area (Å²) in [7, 11) is 0. The maximum atomic E-state index is 12.8. The number of ether oxygens (including phenoxy) is 1. The van der Waals surface area contributed by atoms with Gasteiger partial charge in [-0.05, 0) is 42.3 Å². The van der Waals surface area contributed by atoms with Crippen LogP contribution in [0, 0.1) is 10.1 Å². The van der Waals surface area contributed by atoms with E-state index in [1.807, 2.05) is 6.92 Å². The molecule has 0 unspecified atom stereocenters. The highest BCUT2D eigenvalue weighted by atomic mass is 16.6. The molecule has 29 heavy (non-hydrogen) atoms. The van der Waals surface area contributed by atoms with Crippen LogP contribution < -0.4 is 15.0 Å². The van der Waals surface area contributed by atoms with Crippen molar-refractivity contribution in [3.05, 3.63) is 69.8 Å². The summed E-state index contributed by atoms with van der Waals surface area (Å²) < 4.78 is 5.49. The zero-order valence-corrected chi connectivity index (χ0v) is 15.5. The van der Waals surface area contributed by atoms with Crippen molar-refractivity contribution >= 4 is 35.3 Å². The standard InChI is InChI=1S/C20H17N3O6/c1-2-11-29-16-9-3-13(4-10-16)12-17-18(24)21-20(26)22(19(17)25)14-5-7-15(8-6-14)23(27)28/h3-10,12H,2,11H2,1H3,(H,21,24,26)/b17-12+. The summed E-state index contributed by atoms with van der Waals surface area (Å²) in [5.74, 6) is -0.973. The smallest absolute Gasteiger partial charge is 0.335 e. The molecular formula is C20H17N3O6. The molecule has 0 spiro atoms. The molecule has 0 bridgehead atoms. The number of nitrogens with one attached hydrogen (secondary N) is 1. The fourth-order valence-corrected chi connectivity index (χ4v) is 2.66. The predicted octanol–water partition coefficient (Wildman–Crippen LogP) is 3.05. The first-order valence-corrected chi connectivity index (χ1v) is 8.79. The van der Waals surface area contributed by atoms with Crippen LogP contribution in [0.4, 0.5) is 16.2 Å². The Morgan fingerprint density at radius 2 is 1.72 bits per heavy atom. The first-order valence-electron chi connectivity index (χ1n) is 8.79. The van der Waals surface area contributed by atoms with E-state index in [1.165, 1.54) is 30.3 Å². The Morgan fingerprint density at radius 3 is 2.31 bits per heavy atom. The van der Waals surface area contributed by atoms with Gasteiger partial charge < -0.3 is 4.74 Å². The molecule has 1 N–H and O–H groups in total. The lowest BCUT2D eigenvalue weighted by Gasteiger charge is -2.26. The van der Waals surface area contributed by atoms with Gasteiger partial charge >= 0.3 is 6.03 Å². The van der Waals surface area contributed by atoms with Crippen LogP contribution in [0.5, 0.6) is 5.75 Å². The second kappa shape index (κ2) is 8.34. The fourth-order valence-electron chi connectivity index (χ4n) is 2.66. The van der Waals surface area contributed by atoms with Crippen molar-refractivity contribution in [3.63, 3.8) is 0 Å². The molecule has 3 rings (SSSR count). The van der Waals surface area contributed by atoms with Gasteiger partial charge in [-0.3, -0.25) is 25.0 Å². The lowest BCUT2D eigenvalue weighted by atomic mass is 10.1. The summed E-state index contributed by atoms with van der Waals surface area (Å²) in [5.41, 5.74) is 0.270. The number of hydrogen-bond acceptors (Lipinski definition) is 6. The van der Waals surface area contributed by atoms with E-state index in [-0.39, 0.29) is 16.9 Å². The molecule has 9 heteroatoms. The van der Waals surface area contributed by atoms with Gasteiger partial charge in [-0.15, -0.1) is 0 Å². The number of nitro groups is 1. The Kier molecular flexibility index (Phi) is 5.68. The molecule has 1 aliphatic rings. The van der Waals surface area contributed by atoms with Crippen LogP contribution in [0.2, 0.25) is 0 Å². The van der Waals surface area contributed by atoms with E-state index in [0.29, 0.717) is 17.9 Å². The molecule has 1 fully saturated rings. The van der Waals surface area contributed by atoms with E-state index < -0.39 is 22.8 Å². The molecule has 0 aromatic heterocycles.